The van der Waals surface area contributed by atoms with Crippen LogP contribution in [0.4, 0.5) is 8.78 Å². The zero-order valence-electron chi connectivity index (χ0n) is 16.5. The topological polar surface area (TPSA) is 66.9 Å². The number of amides is 1. The first-order valence-corrected chi connectivity index (χ1v) is 11.1. The third kappa shape index (κ3) is 4.52. The van der Waals surface area contributed by atoms with Crippen molar-refractivity contribution >= 4 is 26.7 Å². The van der Waals surface area contributed by atoms with Crippen LogP contribution in [0.3, 0.4) is 0 Å². The number of halogens is 2. The highest BCUT2D eigenvalue weighted by Crippen LogP contribution is 2.22. The zero-order valence-corrected chi connectivity index (χ0v) is 17.3. The Kier molecular flexibility index (Phi) is 5.88. The Bertz CT molecular complexity index is 1230. The van der Waals surface area contributed by atoms with Gasteiger partial charge in [-0.05, 0) is 35.0 Å². The lowest BCUT2D eigenvalue weighted by Gasteiger charge is -2.34. The fraction of sp³-hybridized carbons (Fsp3) is 0.227. The predicted molar refractivity (Wildman–Crippen MR) is 111 cm³/mol. The first-order valence-electron chi connectivity index (χ1n) is 9.69. The molecule has 0 atom stereocenters. The average molecular weight is 446 g/mol. The molecule has 0 saturated carbocycles. The van der Waals surface area contributed by atoms with Crippen LogP contribution >= 0.6 is 0 Å². The van der Waals surface area contributed by atoms with E-state index in [1.807, 2.05) is 36.4 Å². The van der Waals surface area contributed by atoms with E-state index in [0.29, 0.717) is 11.8 Å². The second-order valence-electron chi connectivity index (χ2n) is 7.16. The molecule has 31 heavy (non-hydrogen) atoms. The number of nitrogens with zero attached hydrogens (tertiary/aromatic N) is 2. The Balaban J connectivity index is 1.35. The molecule has 0 aromatic heterocycles. The number of fused-ring (bicyclic) bond motifs is 1. The van der Waals surface area contributed by atoms with Crippen LogP contribution in [-0.4, -0.2) is 56.3 Å². The molecule has 1 fully saturated rings. The van der Waals surface area contributed by atoms with Crippen molar-refractivity contribution in [3.8, 4) is 5.75 Å². The molecule has 1 amide bonds. The average Bonchev–Trinajstić information content (AvgIpc) is 2.77. The molecule has 1 heterocycles. The molecular weight excluding hydrogens is 426 g/mol. The van der Waals surface area contributed by atoms with Crippen LogP contribution < -0.4 is 4.74 Å². The van der Waals surface area contributed by atoms with Gasteiger partial charge in [-0.25, -0.2) is 17.2 Å². The molecule has 1 aliphatic rings. The zero-order chi connectivity index (χ0) is 22.0. The molecule has 1 aliphatic heterocycles. The lowest BCUT2D eigenvalue weighted by Crippen LogP contribution is -2.51. The minimum atomic E-state index is -4.11. The molecule has 0 radical (unpaired) electrons. The quantitative estimate of drug-likeness (QED) is 0.604. The number of sulfonamides is 1. The highest BCUT2D eigenvalue weighted by molar-refractivity contribution is 7.89. The van der Waals surface area contributed by atoms with Gasteiger partial charge in [0.2, 0.25) is 10.0 Å². The smallest absolute Gasteiger partial charge is 0.260 e. The maximum absolute atomic E-state index is 13.9. The third-order valence-corrected chi connectivity index (χ3v) is 7.12. The van der Waals surface area contributed by atoms with Crippen molar-refractivity contribution in [3.05, 3.63) is 72.3 Å². The van der Waals surface area contributed by atoms with E-state index < -0.39 is 26.6 Å². The predicted octanol–water partition coefficient (Wildman–Crippen LogP) is 3.03. The van der Waals surface area contributed by atoms with Crippen LogP contribution in [0.5, 0.6) is 5.75 Å². The van der Waals surface area contributed by atoms with Crippen LogP contribution in [0.15, 0.2) is 65.6 Å². The van der Waals surface area contributed by atoms with Crippen molar-refractivity contribution in [2.45, 2.75) is 4.90 Å². The highest BCUT2D eigenvalue weighted by Gasteiger charge is 2.32. The van der Waals surface area contributed by atoms with Crippen molar-refractivity contribution in [1.82, 2.24) is 9.21 Å². The summed E-state index contributed by atoms with van der Waals surface area (Å²) in [4.78, 5) is 13.4. The van der Waals surface area contributed by atoms with Crippen molar-refractivity contribution < 1.29 is 26.7 Å². The third-order valence-electron chi connectivity index (χ3n) is 5.19. The normalized spacial score (nSPS) is 15.2. The van der Waals surface area contributed by atoms with Crippen LogP contribution in [0.2, 0.25) is 0 Å². The van der Waals surface area contributed by atoms with E-state index in [1.165, 1.54) is 4.90 Å². The van der Waals surface area contributed by atoms with Gasteiger partial charge < -0.3 is 9.64 Å². The van der Waals surface area contributed by atoms with Crippen LogP contribution in [0, 0.1) is 11.6 Å². The lowest BCUT2D eigenvalue weighted by molar-refractivity contribution is -0.134. The number of carbonyl (C=O) groups excluding carboxylic acids is 1. The molecule has 9 heteroatoms. The van der Waals surface area contributed by atoms with E-state index in [4.69, 9.17) is 4.74 Å². The van der Waals surface area contributed by atoms with E-state index in [1.54, 1.807) is 6.07 Å². The Morgan fingerprint density at radius 1 is 0.903 bits per heavy atom. The van der Waals surface area contributed by atoms with E-state index in [2.05, 4.69) is 0 Å². The van der Waals surface area contributed by atoms with Gasteiger partial charge in [0.25, 0.3) is 5.91 Å². The van der Waals surface area contributed by atoms with Crippen molar-refractivity contribution in [3.63, 3.8) is 0 Å². The molecule has 0 aliphatic carbocycles. The van der Waals surface area contributed by atoms with Gasteiger partial charge in [-0.1, -0.05) is 30.3 Å². The molecule has 0 N–H and O–H groups in total. The Morgan fingerprint density at radius 3 is 2.32 bits per heavy atom. The summed E-state index contributed by atoms with van der Waals surface area (Å²) in [6.45, 7) is 0.170. The summed E-state index contributed by atoms with van der Waals surface area (Å²) in [6, 6.07) is 15.7. The van der Waals surface area contributed by atoms with Gasteiger partial charge in [-0.15, -0.1) is 0 Å². The van der Waals surface area contributed by atoms with E-state index in [-0.39, 0.29) is 38.7 Å². The Hall–Kier alpha value is -3.04. The number of benzene rings is 3. The highest BCUT2D eigenvalue weighted by atomic mass is 32.2. The molecule has 0 spiro atoms. The van der Waals surface area contributed by atoms with E-state index >= 15 is 0 Å². The van der Waals surface area contributed by atoms with Gasteiger partial charge in [0, 0.05) is 32.2 Å². The number of piperazine rings is 1. The summed E-state index contributed by atoms with van der Waals surface area (Å²) in [7, 11) is -4.11. The number of hydrogen-bond acceptors (Lipinski definition) is 4. The van der Waals surface area contributed by atoms with Gasteiger partial charge in [0.05, 0.1) is 0 Å². The molecular formula is C22H20F2N2O4S. The number of rotatable bonds is 5. The molecule has 1 saturated heterocycles. The van der Waals surface area contributed by atoms with E-state index in [0.717, 1.165) is 27.2 Å². The molecule has 3 aromatic rings. The van der Waals surface area contributed by atoms with Crippen molar-refractivity contribution in [2.75, 3.05) is 32.8 Å². The minimum Gasteiger partial charge on any atom is -0.484 e. The van der Waals surface area contributed by atoms with Crippen LogP contribution in [0.25, 0.3) is 10.8 Å². The maximum Gasteiger partial charge on any atom is 0.260 e. The summed E-state index contributed by atoms with van der Waals surface area (Å²) in [5.74, 6) is -1.68. The summed E-state index contributed by atoms with van der Waals surface area (Å²) >= 11 is 0. The number of ether oxygens (including phenoxy) is 1. The lowest BCUT2D eigenvalue weighted by atomic mass is 10.1. The van der Waals surface area contributed by atoms with Crippen molar-refractivity contribution in [1.29, 1.82) is 0 Å². The SMILES string of the molecule is O=C(COc1ccc2ccccc2c1)N1CCN(S(=O)(=O)c2ccc(F)cc2F)CC1. The maximum atomic E-state index is 13.9. The first kappa shape index (κ1) is 21.2. The summed E-state index contributed by atoms with van der Waals surface area (Å²) in [5.41, 5.74) is 0. The molecule has 0 unspecified atom stereocenters. The molecule has 4 rings (SSSR count). The van der Waals surface area contributed by atoms with Crippen molar-refractivity contribution in [2.24, 2.45) is 0 Å². The molecule has 3 aromatic carbocycles. The van der Waals surface area contributed by atoms with E-state index in [9.17, 15) is 22.0 Å². The fourth-order valence-electron chi connectivity index (χ4n) is 3.49. The van der Waals surface area contributed by atoms with Gasteiger partial charge in [-0.2, -0.15) is 4.31 Å². The van der Waals surface area contributed by atoms with Crippen LogP contribution in [-0.2, 0) is 14.8 Å². The Labute approximate surface area is 178 Å². The standard InChI is InChI=1S/C22H20F2N2O4S/c23-18-6-8-21(20(24)14-18)31(28,29)26-11-9-25(10-12-26)22(27)15-30-19-7-5-16-3-1-2-4-17(16)13-19/h1-8,13-14H,9-12,15H2. The van der Waals surface area contributed by atoms with Crippen LogP contribution in [0.1, 0.15) is 0 Å². The number of hydrogen-bond donors (Lipinski definition) is 0. The Morgan fingerprint density at radius 2 is 1.61 bits per heavy atom. The van der Waals surface area contributed by atoms with Gasteiger partial charge in [-0.3, -0.25) is 4.79 Å². The minimum absolute atomic E-state index is 0.0147. The monoisotopic (exact) mass is 446 g/mol. The fourth-order valence-corrected chi connectivity index (χ4v) is 4.96. The number of carbonyl (C=O) groups is 1. The summed E-state index contributed by atoms with van der Waals surface area (Å²) in [5, 5.41) is 2.07. The summed E-state index contributed by atoms with van der Waals surface area (Å²) < 4.78 is 59.0. The molecule has 0 bridgehead atoms. The first-order chi connectivity index (χ1) is 14.8. The van der Waals surface area contributed by atoms with Gasteiger partial charge >= 0.3 is 0 Å². The van der Waals surface area contributed by atoms with Gasteiger partial charge in [0.15, 0.2) is 6.61 Å². The largest absolute Gasteiger partial charge is 0.484 e. The van der Waals surface area contributed by atoms with Gasteiger partial charge in [0.1, 0.15) is 22.3 Å². The molecule has 6 nitrogen and oxygen atoms in total. The second kappa shape index (κ2) is 8.60. The summed E-state index contributed by atoms with van der Waals surface area (Å²) in [6.07, 6.45) is 0. The molecule has 162 valence electrons. The second-order valence-corrected chi connectivity index (χ2v) is 9.06.